The van der Waals surface area contributed by atoms with Crippen LogP contribution in [0.15, 0.2) is 42.6 Å². The second-order valence-corrected chi connectivity index (χ2v) is 5.83. The largest absolute Gasteiger partial charge is 0.436 e. The third kappa shape index (κ3) is 4.76. The van der Waals surface area contributed by atoms with Crippen LogP contribution >= 0.6 is 0 Å². The Hall–Kier alpha value is -2.96. The van der Waals surface area contributed by atoms with Crippen molar-refractivity contribution in [2.45, 2.75) is 31.7 Å². The topological polar surface area (TPSA) is 80.3 Å². The van der Waals surface area contributed by atoms with Gasteiger partial charge < -0.3 is 15.4 Å². The van der Waals surface area contributed by atoms with Crippen molar-refractivity contribution in [2.75, 3.05) is 5.32 Å². The molecule has 0 aliphatic carbocycles. The number of nitrogens with one attached hydrogen (secondary N) is 2. The van der Waals surface area contributed by atoms with Gasteiger partial charge in [0.05, 0.1) is 11.9 Å². The quantitative estimate of drug-likeness (QED) is 0.874. The summed E-state index contributed by atoms with van der Waals surface area (Å²) in [5, 5.41) is 5.53. The lowest BCUT2D eigenvalue weighted by molar-refractivity contribution is -0.124. The van der Waals surface area contributed by atoms with E-state index in [4.69, 9.17) is 4.74 Å². The number of carbonyl (C=O) groups excluding carboxylic acids is 2. The molecule has 1 fully saturated rings. The Balaban J connectivity index is 1.54. The summed E-state index contributed by atoms with van der Waals surface area (Å²) in [4.78, 5) is 27.4. The molecule has 0 spiro atoms. The first kappa shape index (κ1) is 16.9. The van der Waals surface area contributed by atoms with Crippen LogP contribution in [0, 0.1) is 5.82 Å². The fraction of sp³-hybridized carbons (Fsp3) is 0.278. The van der Waals surface area contributed by atoms with Crippen LogP contribution in [0.4, 0.5) is 10.1 Å². The van der Waals surface area contributed by atoms with E-state index in [-0.39, 0.29) is 35.9 Å². The van der Waals surface area contributed by atoms with Crippen molar-refractivity contribution < 1.29 is 18.7 Å². The molecule has 7 heteroatoms. The van der Waals surface area contributed by atoms with Crippen LogP contribution in [0.5, 0.6) is 11.6 Å². The molecular weight excluding hydrogens is 325 g/mol. The third-order valence-corrected chi connectivity index (χ3v) is 3.82. The number of hydrogen-bond acceptors (Lipinski definition) is 4. The first-order chi connectivity index (χ1) is 12.1. The van der Waals surface area contributed by atoms with E-state index in [1.165, 1.54) is 18.3 Å². The van der Waals surface area contributed by atoms with Crippen LogP contribution in [0.1, 0.15) is 25.7 Å². The van der Waals surface area contributed by atoms with E-state index in [1.807, 2.05) is 0 Å². The number of halogens is 1. The average molecular weight is 343 g/mol. The van der Waals surface area contributed by atoms with Crippen molar-refractivity contribution in [3.8, 4) is 11.6 Å². The maximum Gasteiger partial charge on any atom is 0.226 e. The van der Waals surface area contributed by atoms with E-state index in [9.17, 15) is 14.0 Å². The molecule has 1 aromatic heterocycles. The lowest BCUT2D eigenvalue weighted by Gasteiger charge is -2.22. The number of ether oxygens (including phenoxy) is 1. The Kier molecular flexibility index (Phi) is 5.23. The summed E-state index contributed by atoms with van der Waals surface area (Å²) in [7, 11) is 0. The number of aromatic nitrogens is 1. The molecule has 1 aromatic carbocycles. The molecule has 2 heterocycles. The zero-order valence-electron chi connectivity index (χ0n) is 13.5. The van der Waals surface area contributed by atoms with Gasteiger partial charge in [0.1, 0.15) is 0 Å². The number of rotatable bonds is 5. The number of para-hydroxylation sites is 1. The van der Waals surface area contributed by atoms with Gasteiger partial charge >= 0.3 is 0 Å². The van der Waals surface area contributed by atoms with Crippen LogP contribution in [0.25, 0.3) is 0 Å². The molecule has 130 valence electrons. The molecule has 3 rings (SSSR count). The maximum absolute atomic E-state index is 13.5. The number of hydrogen-bond donors (Lipinski definition) is 2. The summed E-state index contributed by atoms with van der Waals surface area (Å²) in [6, 6.07) is 9.09. The van der Waals surface area contributed by atoms with Crippen molar-refractivity contribution in [2.24, 2.45) is 0 Å². The van der Waals surface area contributed by atoms with Gasteiger partial charge in [-0.05, 0) is 31.0 Å². The van der Waals surface area contributed by atoms with Gasteiger partial charge in [0, 0.05) is 24.9 Å². The van der Waals surface area contributed by atoms with Gasteiger partial charge in [0.2, 0.25) is 17.7 Å². The van der Waals surface area contributed by atoms with Gasteiger partial charge in [-0.1, -0.05) is 12.1 Å². The molecule has 0 radical (unpaired) electrons. The molecule has 25 heavy (non-hydrogen) atoms. The highest BCUT2D eigenvalue weighted by molar-refractivity contribution is 5.91. The molecular formula is C18H18FN3O3. The lowest BCUT2D eigenvalue weighted by Crippen LogP contribution is -2.40. The second kappa shape index (κ2) is 7.74. The average Bonchev–Trinajstić information content (AvgIpc) is 2.58. The summed E-state index contributed by atoms with van der Waals surface area (Å²) < 4.78 is 18.9. The highest BCUT2D eigenvalue weighted by Gasteiger charge is 2.20. The maximum atomic E-state index is 13.5. The number of anilines is 1. The summed E-state index contributed by atoms with van der Waals surface area (Å²) >= 11 is 0. The van der Waals surface area contributed by atoms with Crippen LogP contribution in [0.2, 0.25) is 0 Å². The highest BCUT2D eigenvalue weighted by Crippen LogP contribution is 2.23. The first-order valence-electron chi connectivity index (χ1n) is 8.08. The number of benzene rings is 1. The summed E-state index contributed by atoms with van der Waals surface area (Å²) in [6.45, 7) is 0. The molecule has 0 bridgehead atoms. The van der Waals surface area contributed by atoms with Crippen molar-refractivity contribution in [3.05, 3.63) is 48.4 Å². The number of amides is 2. The second-order valence-electron chi connectivity index (χ2n) is 5.83. The van der Waals surface area contributed by atoms with E-state index >= 15 is 0 Å². The van der Waals surface area contributed by atoms with Gasteiger partial charge in [-0.3, -0.25) is 9.59 Å². The monoisotopic (exact) mass is 343 g/mol. The van der Waals surface area contributed by atoms with Gasteiger partial charge in [-0.25, -0.2) is 9.37 Å². The Morgan fingerprint density at radius 1 is 1.32 bits per heavy atom. The predicted molar refractivity (Wildman–Crippen MR) is 89.7 cm³/mol. The molecule has 0 saturated carbocycles. The highest BCUT2D eigenvalue weighted by atomic mass is 19.1. The first-order valence-corrected chi connectivity index (χ1v) is 8.08. The van der Waals surface area contributed by atoms with Gasteiger partial charge in [-0.15, -0.1) is 0 Å². The summed E-state index contributed by atoms with van der Waals surface area (Å²) in [6.07, 6.45) is 3.78. The number of piperidine rings is 1. The molecule has 1 saturated heterocycles. The van der Waals surface area contributed by atoms with E-state index in [0.29, 0.717) is 12.1 Å². The van der Waals surface area contributed by atoms with E-state index in [2.05, 4.69) is 15.6 Å². The lowest BCUT2D eigenvalue weighted by atomic mass is 10.0. The fourth-order valence-corrected chi connectivity index (χ4v) is 2.62. The predicted octanol–water partition coefficient (Wildman–Crippen LogP) is 3.01. The van der Waals surface area contributed by atoms with Crippen LogP contribution < -0.4 is 15.4 Å². The minimum Gasteiger partial charge on any atom is -0.436 e. The number of pyridine rings is 1. The molecule has 6 nitrogen and oxygen atoms in total. The van der Waals surface area contributed by atoms with Gasteiger partial charge in [0.25, 0.3) is 0 Å². The minimum absolute atomic E-state index is 0.0136. The summed E-state index contributed by atoms with van der Waals surface area (Å²) in [5.41, 5.74) is 0.507. The number of carbonyl (C=O) groups is 2. The normalized spacial score (nSPS) is 16.8. The van der Waals surface area contributed by atoms with E-state index < -0.39 is 5.82 Å². The van der Waals surface area contributed by atoms with Crippen molar-refractivity contribution in [3.63, 3.8) is 0 Å². The molecule has 1 atom stereocenters. The molecule has 2 amide bonds. The van der Waals surface area contributed by atoms with Gasteiger partial charge in [0.15, 0.2) is 11.6 Å². The Labute approximate surface area is 144 Å². The van der Waals surface area contributed by atoms with Crippen molar-refractivity contribution in [1.82, 2.24) is 10.3 Å². The van der Waals surface area contributed by atoms with Crippen LogP contribution in [0.3, 0.4) is 0 Å². The van der Waals surface area contributed by atoms with Gasteiger partial charge in [-0.2, -0.15) is 0 Å². The van der Waals surface area contributed by atoms with E-state index in [1.54, 1.807) is 24.3 Å². The Morgan fingerprint density at radius 3 is 2.88 bits per heavy atom. The Morgan fingerprint density at radius 2 is 2.16 bits per heavy atom. The molecule has 2 N–H and O–H groups in total. The number of nitrogens with zero attached hydrogens (tertiary/aromatic N) is 1. The molecule has 1 aliphatic heterocycles. The Bertz CT molecular complexity index is 764. The standard InChI is InChI=1S/C18H18FN3O3/c19-14-5-1-2-6-15(14)25-18-9-8-13(11-20-18)22-17(24)10-12-4-3-7-16(23)21-12/h1-2,5-6,8-9,11-12H,3-4,7,10H2,(H,21,23)(H,22,24). The van der Waals surface area contributed by atoms with Crippen molar-refractivity contribution >= 4 is 17.5 Å². The van der Waals surface area contributed by atoms with Crippen molar-refractivity contribution in [1.29, 1.82) is 0 Å². The smallest absolute Gasteiger partial charge is 0.226 e. The minimum atomic E-state index is -0.476. The SMILES string of the molecule is O=C(CC1CCCC(=O)N1)Nc1ccc(Oc2ccccc2F)nc1. The molecule has 1 aliphatic rings. The van der Waals surface area contributed by atoms with Crippen LogP contribution in [-0.2, 0) is 9.59 Å². The molecule has 2 aromatic rings. The third-order valence-electron chi connectivity index (χ3n) is 3.82. The fourth-order valence-electron chi connectivity index (χ4n) is 2.62. The zero-order valence-corrected chi connectivity index (χ0v) is 13.5. The van der Waals surface area contributed by atoms with E-state index in [0.717, 1.165) is 12.8 Å². The summed E-state index contributed by atoms with van der Waals surface area (Å²) in [5.74, 6) is -0.379. The molecule has 1 unspecified atom stereocenters. The van der Waals surface area contributed by atoms with Crippen LogP contribution in [-0.4, -0.2) is 22.8 Å². The zero-order chi connectivity index (χ0) is 17.6.